The minimum Gasteiger partial charge on any atom is -0.496 e. The number of methoxy groups -OCH3 is 2. The van der Waals surface area contributed by atoms with Crippen LogP contribution in [0.4, 0.5) is 0 Å². The van der Waals surface area contributed by atoms with Crippen molar-refractivity contribution in [2.45, 2.75) is 19.5 Å². The fourth-order valence-electron chi connectivity index (χ4n) is 3.07. The van der Waals surface area contributed by atoms with Crippen LogP contribution in [0.15, 0.2) is 36.4 Å². The first kappa shape index (κ1) is 25.5. The molecule has 0 aliphatic rings. The number of ether oxygens (including phenoxy) is 2. The van der Waals surface area contributed by atoms with E-state index >= 15 is 0 Å². The molecule has 0 amide bonds. The van der Waals surface area contributed by atoms with Crippen molar-refractivity contribution in [1.29, 1.82) is 0 Å². The van der Waals surface area contributed by atoms with Crippen LogP contribution in [0.3, 0.4) is 0 Å². The minimum absolute atomic E-state index is 0. The van der Waals surface area contributed by atoms with E-state index in [1.165, 1.54) is 22.3 Å². The highest BCUT2D eigenvalue weighted by Crippen LogP contribution is 2.28. The lowest BCUT2D eigenvalue weighted by molar-refractivity contribution is 0.395. The average molecular weight is 415 g/mol. The summed E-state index contributed by atoms with van der Waals surface area (Å²) in [5.41, 5.74) is 4.93. The van der Waals surface area contributed by atoms with Crippen LogP contribution in [0, 0.1) is 0 Å². The molecule has 0 saturated heterocycles. The smallest absolute Gasteiger partial charge is 0.122 e. The molecule has 0 saturated carbocycles. The van der Waals surface area contributed by atoms with Crippen LogP contribution < -0.4 is 9.47 Å². The van der Waals surface area contributed by atoms with Gasteiger partial charge in [-0.25, -0.2) is 0 Å². The van der Waals surface area contributed by atoms with Gasteiger partial charge in [0.2, 0.25) is 0 Å². The van der Waals surface area contributed by atoms with Crippen molar-refractivity contribution in [3.05, 3.63) is 58.7 Å². The molecule has 2 rings (SSSR count). The first-order valence-corrected chi connectivity index (χ1v) is 8.54. The number of halogens is 2. The van der Waals surface area contributed by atoms with E-state index < -0.39 is 0 Å². The predicted molar refractivity (Wildman–Crippen MR) is 118 cm³/mol. The highest BCUT2D eigenvalue weighted by atomic mass is 35.5. The van der Waals surface area contributed by atoms with E-state index in [1.807, 2.05) is 0 Å². The highest BCUT2D eigenvalue weighted by molar-refractivity contribution is 5.85. The average Bonchev–Trinajstić information content (AvgIpc) is 2.54. The maximum absolute atomic E-state index is 5.58. The first-order chi connectivity index (χ1) is 11.9. The Morgan fingerprint density at radius 3 is 1.33 bits per heavy atom. The van der Waals surface area contributed by atoms with Crippen molar-refractivity contribution in [1.82, 2.24) is 9.80 Å². The standard InChI is InChI=1S/C21H30N2O2.2ClH/c1-22(2)14-16-7-9-20(24-5)18(11-16)13-19-12-17(15-23(3)4)8-10-21(19)25-6;;/h7-12H,13-15H2,1-6H3;2*1H. The van der Waals surface area contributed by atoms with Gasteiger partial charge in [0.25, 0.3) is 0 Å². The largest absolute Gasteiger partial charge is 0.496 e. The summed E-state index contributed by atoms with van der Waals surface area (Å²) in [6.07, 6.45) is 0.787. The number of hydrogen-bond acceptors (Lipinski definition) is 4. The van der Waals surface area contributed by atoms with Gasteiger partial charge in [-0.1, -0.05) is 24.3 Å². The lowest BCUT2D eigenvalue weighted by Gasteiger charge is -2.17. The SMILES string of the molecule is COc1ccc(CN(C)C)cc1Cc1cc(CN(C)C)ccc1OC.Cl.Cl. The minimum atomic E-state index is 0. The van der Waals surface area contributed by atoms with Crippen molar-refractivity contribution in [2.75, 3.05) is 42.4 Å². The number of rotatable bonds is 8. The number of nitrogens with zero attached hydrogens (tertiary/aromatic N) is 2. The Morgan fingerprint density at radius 1 is 0.667 bits per heavy atom. The fraction of sp³-hybridized carbons (Fsp3) is 0.429. The highest BCUT2D eigenvalue weighted by Gasteiger charge is 2.11. The molecule has 0 atom stereocenters. The van der Waals surface area contributed by atoms with Crippen LogP contribution in [0.25, 0.3) is 0 Å². The zero-order valence-corrected chi connectivity index (χ0v) is 18.7. The molecule has 0 N–H and O–H groups in total. The molecule has 2 aromatic rings. The molecule has 0 radical (unpaired) electrons. The molecule has 27 heavy (non-hydrogen) atoms. The summed E-state index contributed by atoms with van der Waals surface area (Å²) in [6.45, 7) is 1.82. The Balaban J connectivity index is 0.00000338. The van der Waals surface area contributed by atoms with Gasteiger partial charge in [-0.2, -0.15) is 0 Å². The van der Waals surface area contributed by atoms with Gasteiger partial charge in [-0.3, -0.25) is 0 Å². The molecule has 0 heterocycles. The molecular weight excluding hydrogens is 383 g/mol. The Kier molecular flexibility index (Phi) is 11.4. The van der Waals surface area contributed by atoms with Gasteiger partial charge >= 0.3 is 0 Å². The lowest BCUT2D eigenvalue weighted by Crippen LogP contribution is -2.11. The van der Waals surface area contributed by atoms with Gasteiger partial charge in [-0.05, 0) is 62.6 Å². The van der Waals surface area contributed by atoms with Crippen molar-refractivity contribution in [3.8, 4) is 11.5 Å². The van der Waals surface area contributed by atoms with Gasteiger partial charge in [0.05, 0.1) is 14.2 Å². The maximum Gasteiger partial charge on any atom is 0.122 e. The Morgan fingerprint density at radius 2 is 1.04 bits per heavy atom. The number of benzene rings is 2. The number of hydrogen-bond donors (Lipinski definition) is 0. The van der Waals surface area contributed by atoms with E-state index in [-0.39, 0.29) is 24.8 Å². The van der Waals surface area contributed by atoms with Gasteiger partial charge < -0.3 is 19.3 Å². The summed E-state index contributed by atoms with van der Waals surface area (Å²) in [6, 6.07) is 12.8. The van der Waals surface area contributed by atoms with E-state index in [9.17, 15) is 0 Å². The zero-order valence-electron chi connectivity index (χ0n) is 17.1. The van der Waals surface area contributed by atoms with Gasteiger partial charge in [-0.15, -0.1) is 24.8 Å². The van der Waals surface area contributed by atoms with Gasteiger partial charge in [0.1, 0.15) is 11.5 Å². The fourth-order valence-corrected chi connectivity index (χ4v) is 3.07. The molecule has 2 aromatic carbocycles. The van der Waals surface area contributed by atoms with Crippen LogP contribution in [0.1, 0.15) is 22.3 Å². The molecule has 0 spiro atoms. The molecule has 152 valence electrons. The normalized spacial score (nSPS) is 10.4. The molecular formula is C21H32Cl2N2O2. The zero-order chi connectivity index (χ0) is 18.4. The topological polar surface area (TPSA) is 24.9 Å². The first-order valence-electron chi connectivity index (χ1n) is 8.54. The van der Waals surface area contributed by atoms with Crippen LogP contribution in [0.5, 0.6) is 11.5 Å². The second kappa shape index (κ2) is 12.1. The van der Waals surface area contributed by atoms with Gasteiger partial charge in [0.15, 0.2) is 0 Å². The lowest BCUT2D eigenvalue weighted by atomic mass is 9.99. The summed E-state index contributed by atoms with van der Waals surface area (Å²) < 4.78 is 11.2. The molecule has 0 unspecified atom stereocenters. The summed E-state index contributed by atoms with van der Waals surface area (Å²) in [5, 5.41) is 0. The van der Waals surface area contributed by atoms with E-state index in [0.717, 1.165) is 31.0 Å². The molecule has 4 nitrogen and oxygen atoms in total. The van der Waals surface area contributed by atoms with Crippen LogP contribution >= 0.6 is 24.8 Å². The van der Waals surface area contributed by atoms with E-state index in [2.05, 4.69) is 74.4 Å². The van der Waals surface area contributed by atoms with Crippen LogP contribution in [-0.4, -0.2) is 52.2 Å². The molecule has 0 aromatic heterocycles. The molecule has 6 heteroatoms. The van der Waals surface area contributed by atoms with Crippen molar-refractivity contribution in [3.63, 3.8) is 0 Å². The predicted octanol–water partition coefficient (Wildman–Crippen LogP) is 4.26. The summed E-state index contributed by atoms with van der Waals surface area (Å²) in [4.78, 5) is 4.34. The molecule has 0 fully saturated rings. The van der Waals surface area contributed by atoms with Crippen molar-refractivity contribution >= 4 is 24.8 Å². The third-order valence-corrected chi connectivity index (χ3v) is 4.07. The Labute approximate surface area is 176 Å². The quantitative estimate of drug-likeness (QED) is 0.643. The summed E-state index contributed by atoms with van der Waals surface area (Å²) in [7, 11) is 11.8. The Hall–Kier alpha value is -1.46. The third kappa shape index (κ3) is 7.59. The van der Waals surface area contributed by atoms with Gasteiger partial charge in [0, 0.05) is 19.5 Å². The maximum atomic E-state index is 5.58. The monoisotopic (exact) mass is 414 g/mol. The summed E-state index contributed by atoms with van der Waals surface area (Å²) >= 11 is 0. The Bertz CT molecular complexity index is 647. The second-order valence-electron chi connectivity index (χ2n) is 6.94. The molecule has 0 bridgehead atoms. The van der Waals surface area contributed by atoms with E-state index in [4.69, 9.17) is 9.47 Å². The van der Waals surface area contributed by atoms with Crippen molar-refractivity contribution in [2.24, 2.45) is 0 Å². The third-order valence-electron chi connectivity index (χ3n) is 4.07. The van der Waals surface area contributed by atoms with E-state index in [0.29, 0.717) is 0 Å². The van der Waals surface area contributed by atoms with E-state index in [1.54, 1.807) is 14.2 Å². The summed E-state index contributed by atoms with van der Waals surface area (Å²) in [5.74, 6) is 1.84. The molecule has 0 aliphatic heterocycles. The molecule has 0 aliphatic carbocycles. The van der Waals surface area contributed by atoms with Crippen molar-refractivity contribution < 1.29 is 9.47 Å². The second-order valence-corrected chi connectivity index (χ2v) is 6.94. The van der Waals surface area contributed by atoms with Crippen LogP contribution in [0.2, 0.25) is 0 Å². The van der Waals surface area contributed by atoms with Crippen LogP contribution in [-0.2, 0) is 19.5 Å².